The van der Waals surface area contributed by atoms with Gasteiger partial charge >= 0.3 is 0 Å². The summed E-state index contributed by atoms with van der Waals surface area (Å²) in [6, 6.07) is 21.7. The van der Waals surface area contributed by atoms with Gasteiger partial charge in [-0.15, -0.1) is 0 Å². The van der Waals surface area contributed by atoms with Gasteiger partial charge < -0.3 is 13.9 Å². The first-order chi connectivity index (χ1) is 14.6. The highest BCUT2D eigenvalue weighted by Crippen LogP contribution is 2.33. The molecule has 152 valence electrons. The highest BCUT2D eigenvalue weighted by molar-refractivity contribution is 5.82. The molecule has 30 heavy (non-hydrogen) atoms. The number of methoxy groups -OCH3 is 2. The van der Waals surface area contributed by atoms with Crippen molar-refractivity contribution in [2.45, 2.75) is 13.8 Å². The molecule has 1 aromatic heterocycles. The van der Waals surface area contributed by atoms with Gasteiger partial charge in [0.05, 0.1) is 25.3 Å². The van der Waals surface area contributed by atoms with Gasteiger partial charge in [-0.3, -0.25) is 5.43 Å². The average Bonchev–Trinajstić information content (AvgIpc) is 2.77. The molecule has 3 aromatic carbocycles. The Morgan fingerprint density at radius 2 is 1.60 bits per heavy atom. The van der Waals surface area contributed by atoms with Crippen LogP contribution in [-0.4, -0.2) is 14.2 Å². The third-order valence-electron chi connectivity index (χ3n) is 4.93. The summed E-state index contributed by atoms with van der Waals surface area (Å²) >= 11 is 0. The van der Waals surface area contributed by atoms with E-state index in [0.29, 0.717) is 17.3 Å². The molecule has 1 N–H and O–H groups in total. The number of hydrogen-bond donors (Lipinski definition) is 1. The van der Waals surface area contributed by atoms with Crippen LogP contribution in [0.5, 0.6) is 11.5 Å². The van der Waals surface area contributed by atoms with Crippen molar-refractivity contribution < 1.29 is 13.9 Å². The average molecular weight is 400 g/mol. The second kappa shape index (κ2) is 8.33. The maximum atomic E-state index is 6.29. The van der Waals surface area contributed by atoms with Gasteiger partial charge in [-0.05, 0) is 61.4 Å². The van der Waals surface area contributed by atoms with Crippen LogP contribution in [0.1, 0.15) is 11.1 Å². The van der Waals surface area contributed by atoms with E-state index in [2.05, 4.69) is 25.3 Å². The predicted molar refractivity (Wildman–Crippen MR) is 120 cm³/mol. The van der Waals surface area contributed by atoms with E-state index in [0.717, 1.165) is 38.7 Å². The Labute approximate surface area is 175 Å². The smallest absolute Gasteiger partial charge is 0.161 e. The summed E-state index contributed by atoms with van der Waals surface area (Å²) < 4.78 is 17.1. The number of fused-ring (bicyclic) bond motifs is 1. The van der Waals surface area contributed by atoms with Crippen molar-refractivity contribution in [1.29, 1.82) is 0 Å². The van der Waals surface area contributed by atoms with E-state index < -0.39 is 0 Å². The van der Waals surface area contributed by atoms with E-state index in [-0.39, 0.29) is 0 Å². The Morgan fingerprint density at radius 3 is 2.33 bits per heavy atom. The third kappa shape index (κ3) is 3.87. The van der Waals surface area contributed by atoms with Crippen LogP contribution in [0.2, 0.25) is 0 Å². The summed E-state index contributed by atoms with van der Waals surface area (Å²) in [4.78, 5) is 0. The Bertz CT molecular complexity index is 1260. The molecule has 0 atom stereocenters. The molecule has 4 rings (SSSR count). The normalized spacial score (nSPS) is 11.5. The van der Waals surface area contributed by atoms with Gasteiger partial charge in [0, 0.05) is 17.0 Å². The predicted octanol–water partition coefficient (Wildman–Crippen LogP) is 5.66. The molecule has 1 heterocycles. The standard InChI is InChI=1S/C25H24N2O3/c1-16-12-17(2)25-20(27-26-19-8-6-5-7-9-19)15-22(30-24(25)13-16)18-10-11-21(28-3)23(14-18)29-4/h5-15,26H,1-4H3/b27-20-. The number of benzene rings is 3. The van der Waals surface area contributed by atoms with Gasteiger partial charge in [-0.1, -0.05) is 24.3 Å². The molecule has 5 nitrogen and oxygen atoms in total. The zero-order valence-corrected chi connectivity index (χ0v) is 17.5. The Kier molecular flexibility index (Phi) is 5.44. The molecular weight excluding hydrogens is 376 g/mol. The number of para-hydroxylation sites is 1. The molecule has 4 aromatic rings. The summed E-state index contributed by atoms with van der Waals surface area (Å²) in [5.74, 6) is 2.01. The van der Waals surface area contributed by atoms with E-state index in [1.54, 1.807) is 14.2 Å². The van der Waals surface area contributed by atoms with Crippen LogP contribution < -0.4 is 20.3 Å². The fourth-order valence-corrected chi connectivity index (χ4v) is 3.54. The molecule has 0 unspecified atom stereocenters. The van der Waals surface area contributed by atoms with E-state index in [1.807, 2.05) is 60.7 Å². The van der Waals surface area contributed by atoms with Crippen molar-refractivity contribution >= 4 is 16.7 Å². The van der Waals surface area contributed by atoms with Gasteiger partial charge in [0.1, 0.15) is 11.3 Å². The SMILES string of the molecule is COc1ccc(-c2c/c(=N/Nc3ccccc3)c3c(C)cc(C)cc3o2)cc1OC. The number of nitrogens with one attached hydrogen (secondary N) is 1. The monoisotopic (exact) mass is 400 g/mol. The topological polar surface area (TPSA) is 56.0 Å². The van der Waals surface area contributed by atoms with Crippen LogP contribution >= 0.6 is 0 Å². The number of aryl methyl sites for hydroxylation is 2. The molecule has 5 heteroatoms. The molecule has 0 aliphatic heterocycles. The van der Waals surface area contributed by atoms with E-state index >= 15 is 0 Å². The van der Waals surface area contributed by atoms with Crippen LogP contribution in [-0.2, 0) is 0 Å². The van der Waals surface area contributed by atoms with Gasteiger partial charge in [-0.25, -0.2) is 0 Å². The lowest BCUT2D eigenvalue weighted by atomic mass is 10.0. The summed E-state index contributed by atoms with van der Waals surface area (Å²) in [5.41, 5.74) is 7.99. The minimum atomic E-state index is 0.645. The molecule has 0 fully saturated rings. The number of rotatable bonds is 5. The number of anilines is 1. The van der Waals surface area contributed by atoms with Crippen LogP contribution in [0.4, 0.5) is 5.69 Å². The lowest BCUT2D eigenvalue weighted by Crippen LogP contribution is -2.09. The van der Waals surface area contributed by atoms with Gasteiger partial charge in [-0.2, -0.15) is 5.10 Å². The molecule has 0 bridgehead atoms. The first kappa shape index (κ1) is 19.6. The summed E-state index contributed by atoms with van der Waals surface area (Å²) in [6.45, 7) is 4.13. The second-order valence-corrected chi connectivity index (χ2v) is 7.11. The maximum Gasteiger partial charge on any atom is 0.161 e. The minimum Gasteiger partial charge on any atom is -0.493 e. The molecule has 0 aliphatic carbocycles. The van der Waals surface area contributed by atoms with Gasteiger partial charge in [0.25, 0.3) is 0 Å². The fourth-order valence-electron chi connectivity index (χ4n) is 3.54. The highest BCUT2D eigenvalue weighted by Gasteiger charge is 2.12. The van der Waals surface area contributed by atoms with Gasteiger partial charge in [0.2, 0.25) is 0 Å². The molecule has 0 saturated heterocycles. The zero-order valence-electron chi connectivity index (χ0n) is 17.5. The number of hydrogen-bond acceptors (Lipinski definition) is 5. The minimum absolute atomic E-state index is 0.645. The molecule has 0 saturated carbocycles. The first-order valence-electron chi connectivity index (χ1n) is 9.71. The van der Waals surface area contributed by atoms with Crippen molar-refractivity contribution in [1.82, 2.24) is 0 Å². The van der Waals surface area contributed by atoms with Crippen molar-refractivity contribution in [3.63, 3.8) is 0 Å². The van der Waals surface area contributed by atoms with Crippen LogP contribution in [0.15, 0.2) is 76.2 Å². The van der Waals surface area contributed by atoms with Crippen molar-refractivity contribution in [3.8, 4) is 22.8 Å². The lowest BCUT2D eigenvalue weighted by molar-refractivity contribution is 0.355. The fraction of sp³-hybridized carbons (Fsp3) is 0.160. The molecule has 0 spiro atoms. The Hall–Kier alpha value is -3.73. The highest BCUT2D eigenvalue weighted by atomic mass is 16.5. The first-order valence-corrected chi connectivity index (χ1v) is 9.71. The van der Waals surface area contributed by atoms with E-state index in [1.165, 1.54) is 0 Å². The summed E-state index contributed by atoms with van der Waals surface area (Å²) in [5, 5.41) is 6.48. The Morgan fingerprint density at radius 1 is 0.833 bits per heavy atom. The largest absolute Gasteiger partial charge is 0.493 e. The van der Waals surface area contributed by atoms with Crippen LogP contribution in [0.3, 0.4) is 0 Å². The lowest BCUT2D eigenvalue weighted by Gasteiger charge is -2.11. The van der Waals surface area contributed by atoms with Crippen molar-refractivity contribution in [2.24, 2.45) is 5.10 Å². The van der Waals surface area contributed by atoms with Gasteiger partial charge in [0.15, 0.2) is 11.5 Å². The molecule has 0 amide bonds. The number of ether oxygens (including phenoxy) is 2. The maximum absolute atomic E-state index is 6.29. The molecule has 0 radical (unpaired) electrons. The van der Waals surface area contributed by atoms with E-state index in [4.69, 9.17) is 19.0 Å². The summed E-state index contributed by atoms with van der Waals surface area (Å²) in [7, 11) is 3.24. The van der Waals surface area contributed by atoms with Crippen molar-refractivity contribution in [3.05, 3.63) is 83.2 Å². The third-order valence-corrected chi connectivity index (χ3v) is 4.93. The number of nitrogens with zero attached hydrogens (tertiary/aromatic N) is 1. The molecular formula is C25H24N2O3. The Balaban J connectivity index is 1.92. The molecule has 0 aliphatic rings. The van der Waals surface area contributed by atoms with E-state index in [9.17, 15) is 0 Å². The van der Waals surface area contributed by atoms with Crippen LogP contribution in [0.25, 0.3) is 22.3 Å². The van der Waals surface area contributed by atoms with Crippen LogP contribution in [0, 0.1) is 13.8 Å². The zero-order chi connectivity index (χ0) is 21.1. The quantitative estimate of drug-likeness (QED) is 0.439. The summed E-state index contributed by atoms with van der Waals surface area (Å²) in [6.07, 6.45) is 0. The van der Waals surface area contributed by atoms with Crippen molar-refractivity contribution in [2.75, 3.05) is 19.6 Å². The second-order valence-electron chi connectivity index (χ2n) is 7.11.